The Morgan fingerprint density at radius 1 is 1.37 bits per heavy atom. The highest BCUT2D eigenvalue weighted by Gasteiger charge is 2.22. The zero-order valence-corrected chi connectivity index (χ0v) is 10.5. The van der Waals surface area contributed by atoms with Gasteiger partial charge in [0, 0.05) is 5.56 Å². The molecule has 0 aromatic heterocycles. The molecule has 0 aliphatic heterocycles. The highest BCUT2D eigenvalue weighted by molar-refractivity contribution is 5.93. The average molecular weight is 271 g/mol. The van der Waals surface area contributed by atoms with E-state index in [2.05, 4.69) is 4.74 Å². The van der Waals surface area contributed by atoms with Crippen LogP contribution in [0.15, 0.2) is 18.2 Å². The molecule has 0 bridgehead atoms. The molecule has 0 fully saturated rings. The molecule has 19 heavy (non-hydrogen) atoms. The number of hydrogen-bond acceptors (Lipinski definition) is 5. The number of hydrogen-bond donors (Lipinski definition) is 1. The molecular formula is C12H14FNO5. The smallest absolute Gasteiger partial charge is 0.381 e. The first-order chi connectivity index (χ1) is 8.99. The van der Waals surface area contributed by atoms with Gasteiger partial charge < -0.3 is 19.9 Å². The van der Waals surface area contributed by atoms with Crippen molar-refractivity contribution in [2.45, 2.75) is 13.3 Å². The van der Waals surface area contributed by atoms with E-state index in [-0.39, 0.29) is 23.7 Å². The second-order valence-corrected chi connectivity index (χ2v) is 3.42. The molecule has 6 nitrogen and oxygen atoms in total. The summed E-state index contributed by atoms with van der Waals surface area (Å²) in [5, 5.41) is 0. The molecule has 0 radical (unpaired) electrons. The van der Waals surface area contributed by atoms with E-state index in [1.54, 1.807) is 6.92 Å². The lowest BCUT2D eigenvalue weighted by atomic mass is 10.2. The van der Waals surface area contributed by atoms with Crippen LogP contribution >= 0.6 is 0 Å². The van der Waals surface area contributed by atoms with E-state index in [1.165, 1.54) is 25.3 Å². The molecule has 0 spiro atoms. The van der Waals surface area contributed by atoms with E-state index in [4.69, 9.17) is 15.2 Å². The fourth-order valence-corrected chi connectivity index (χ4v) is 1.29. The van der Waals surface area contributed by atoms with Crippen molar-refractivity contribution in [1.29, 1.82) is 0 Å². The Morgan fingerprint density at radius 3 is 2.58 bits per heavy atom. The second kappa shape index (κ2) is 6.58. The number of carbonyl (C=O) groups excluding carboxylic acids is 2. The number of alkyl halides is 1. The average Bonchev–Trinajstić information content (AvgIpc) is 2.39. The van der Waals surface area contributed by atoms with Gasteiger partial charge in [0.05, 0.1) is 13.7 Å². The summed E-state index contributed by atoms with van der Waals surface area (Å²) in [6.07, 6.45) is -2.27. The lowest BCUT2D eigenvalue weighted by Crippen LogP contribution is -2.25. The molecule has 1 rings (SSSR count). The van der Waals surface area contributed by atoms with Gasteiger partial charge in [0.1, 0.15) is 0 Å². The molecule has 1 atom stereocenters. The van der Waals surface area contributed by atoms with E-state index >= 15 is 0 Å². The largest absolute Gasteiger partial charge is 0.493 e. The Kier molecular flexibility index (Phi) is 5.11. The van der Waals surface area contributed by atoms with Crippen molar-refractivity contribution in [3.05, 3.63) is 23.8 Å². The third-order valence-electron chi connectivity index (χ3n) is 2.15. The molecule has 1 aromatic carbocycles. The fourth-order valence-electron chi connectivity index (χ4n) is 1.29. The first kappa shape index (κ1) is 14.7. The molecular weight excluding hydrogens is 257 g/mol. The number of primary amides is 1. The van der Waals surface area contributed by atoms with Crippen LogP contribution in [0.5, 0.6) is 11.5 Å². The summed E-state index contributed by atoms with van der Waals surface area (Å²) in [7, 11) is 1.31. The molecule has 1 amide bonds. The molecule has 2 N–H and O–H groups in total. The van der Waals surface area contributed by atoms with Crippen LogP contribution in [0.25, 0.3) is 0 Å². The number of ether oxygens (including phenoxy) is 3. The van der Waals surface area contributed by atoms with Gasteiger partial charge in [0.2, 0.25) is 5.91 Å². The van der Waals surface area contributed by atoms with Crippen LogP contribution in [0.1, 0.15) is 17.3 Å². The highest BCUT2D eigenvalue weighted by atomic mass is 19.1. The lowest BCUT2D eigenvalue weighted by molar-refractivity contribution is -0.159. The SMILES string of the molecule is CCOC(=O)C(F)Oc1ccc(C(N)=O)cc1OC. The normalized spacial score (nSPS) is 11.5. The molecule has 1 unspecified atom stereocenters. The van der Waals surface area contributed by atoms with Crippen molar-refractivity contribution in [2.75, 3.05) is 13.7 Å². The van der Waals surface area contributed by atoms with Gasteiger partial charge in [-0.3, -0.25) is 4.79 Å². The predicted octanol–water partition coefficient (Wildman–Crippen LogP) is 1.03. The number of halogens is 1. The van der Waals surface area contributed by atoms with Crippen LogP contribution in [0.2, 0.25) is 0 Å². The van der Waals surface area contributed by atoms with Gasteiger partial charge in [-0.05, 0) is 25.1 Å². The van der Waals surface area contributed by atoms with Gasteiger partial charge >= 0.3 is 12.3 Å². The standard InChI is InChI=1S/C12H14FNO5/c1-3-18-12(16)10(13)19-8-5-4-7(11(14)15)6-9(8)17-2/h4-6,10H,3H2,1-2H3,(H2,14,15). The number of amides is 1. The summed E-state index contributed by atoms with van der Waals surface area (Å²) in [5.74, 6) is -1.74. The highest BCUT2D eigenvalue weighted by Crippen LogP contribution is 2.29. The van der Waals surface area contributed by atoms with Crippen LogP contribution in [0.4, 0.5) is 4.39 Å². The lowest BCUT2D eigenvalue weighted by Gasteiger charge is -2.13. The maximum Gasteiger partial charge on any atom is 0.381 e. The van der Waals surface area contributed by atoms with Crippen LogP contribution in [0.3, 0.4) is 0 Å². The number of nitrogens with two attached hydrogens (primary N) is 1. The fraction of sp³-hybridized carbons (Fsp3) is 0.333. The van der Waals surface area contributed by atoms with Gasteiger partial charge in [-0.15, -0.1) is 0 Å². The summed E-state index contributed by atoms with van der Waals surface area (Å²) in [6.45, 7) is 1.59. The quantitative estimate of drug-likeness (QED) is 0.781. The van der Waals surface area contributed by atoms with Crippen molar-refractivity contribution >= 4 is 11.9 Å². The van der Waals surface area contributed by atoms with Crippen LogP contribution in [-0.4, -0.2) is 32.0 Å². The number of methoxy groups -OCH3 is 1. The van der Waals surface area contributed by atoms with Crippen LogP contribution < -0.4 is 15.2 Å². The minimum Gasteiger partial charge on any atom is -0.493 e. The van der Waals surface area contributed by atoms with E-state index in [9.17, 15) is 14.0 Å². The van der Waals surface area contributed by atoms with Gasteiger partial charge in [-0.1, -0.05) is 0 Å². The minimum atomic E-state index is -2.27. The Morgan fingerprint density at radius 2 is 2.05 bits per heavy atom. The third kappa shape index (κ3) is 3.84. The Balaban J connectivity index is 2.89. The van der Waals surface area contributed by atoms with E-state index in [1.807, 2.05) is 0 Å². The first-order valence-electron chi connectivity index (χ1n) is 5.44. The van der Waals surface area contributed by atoms with Crippen molar-refractivity contribution in [2.24, 2.45) is 5.73 Å². The van der Waals surface area contributed by atoms with Crippen molar-refractivity contribution < 1.29 is 28.2 Å². The maximum atomic E-state index is 13.4. The van der Waals surface area contributed by atoms with Gasteiger partial charge in [0.25, 0.3) is 0 Å². The number of benzene rings is 1. The first-order valence-corrected chi connectivity index (χ1v) is 5.44. The molecule has 0 saturated carbocycles. The molecule has 0 aliphatic rings. The van der Waals surface area contributed by atoms with E-state index < -0.39 is 18.2 Å². The Hall–Kier alpha value is -2.31. The van der Waals surface area contributed by atoms with Crippen molar-refractivity contribution in [3.8, 4) is 11.5 Å². The van der Waals surface area contributed by atoms with Crippen molar-refractivity contribution in [3.63, 3.8) is 0 Å². The topological polar surface area (TPSA) is 87.9 Å². The summed E-state index contributed by atoms with van der Waals surface area (Å²) >= 11 is 0. The number of rotatable bonds is 6. The zero-order valence-electron chi connectivity index (χ0n) is 10.5. The monoisotopic (exact) mass is 271 g/mol. The van der Waals surface area contributed by atoms with Crippen molar-refractivity contribution in [1.82, 2.24) is 0 Å². The summed E-state index contributed by atoms with van der Waals surface area (Å²) in [6, 6.07) is 3.90. The van der Waals surface area contributed by atoms with Gasteiger partial charge in [-0.2, -0.15) is 4.39 Å². The molecule has 104 valence electrons. The Labute approximate surface area is 109 Å². The third-order valence-corrected chi connectivity index (χ3v) is 2.15. The minimum absolute atomic E-state index is 0.0342. The predicted molar refractivity (Wildman–Crippen MR) is 63.7 cm³/mol. The summed E-state index contributed by atoms with van der Waals surface area (Å²) in [5.41, 5.74) is 5.27. The summed E-state index contributed by atoms with van der Waals surface area (Å²) < 4.78 is 27.6. The van der Waals surface area contributed by atoms with Crippen LogP contribution in [-0.2, 0) is 9.53 Å². The maximum absolute atomic E-state index is 13.4. The van der Waals surface area contributed by atoms with E-state index in [0.29, 0.717) is 0 Å². The van der Waals surface area contributed by atoms with Gasteiger partial charge in [0.15, 0.2) is 11.5 Å². The molecule has 0 aliphatic carbocycles. The van der Waals surface area contributed by atoms with Gasteiger partial charge in [-0.25, -0.2) is 4.79 Å². The summed E-state index contributed by atoms with van der Waals surface area (Å²) in [4.78, 5) is 22.1. The molecule has 1 aromatic rings. The Bertz CT molecular complexity index is 477. The molecule has 7 heteroatoms. The second-order valence-electron chi connectivity index (χ2n) is 3.42. The van der Waals surface area contributed by atoms with Crippen LogP contribution in [0, 0.1) is 0 Å². The molecule has 0 saturated heterocycles. The molecule has 0 heterocycles. The number of esters is 1. The number of carbonyl (C=O) groups is 2. The van der Waals surface area contributed by atoms with E-state index in [0.717, 1.165) is 0 Å². The zero-order chi connectivity index (χ0) is 14.4.